The quantitative estimate of drug-likeness (QED) is 0.489. The predicted molar refractivity (Wildman–Crippen MR) is 40.6 cm³/mol. The van der Waals surface area contributed by atoms with Crippen LogP contribution < -0.4 is 5.32 Å². The van der Waals surface area contributed by atoms with E-state index in [0.717, 1.165) is 23.7 Å². The highest BCUT2D eigenvalue weighted by Crippen LogP contribution is 2.49. The lowest BCUT2D eigenvalue weighted by Crippen LogP contribution is -2.16. The van der Waals surface area contributed by atoms with Gasteiger partial charge in [0.2, 0.25) is 0 Å². The second-order valence-corrected chi connectivity index (χ2v) is 3.93. The lowest BCUT2D eigenvalue weighted by molar-refractivity contribution is 0.395. The standard InChI is InChI=1S/C9H13N/c1-2-7-3-6(1)8-4-10-5-9(7)8/h1-2,6-10H,3-5H2/t6-,7+,8-,9+. The topological polar surface area (TPSA) is 12.0 Å². The predicted octanol–water partition coefficient (Wildman–Crippen LogP) is 1.03. The molecule has 3 rings (SSSR count). The Morgan fingerprint density at radius 2 is 1.60 bits per heavy atom. The van der Waals surface area contributed by atoms with Crippen molar-refractivity contribution in [1.29, 1.82) is 0 Å². The fourth-order valence-corrected chi connectivity index (χ4v) is 3.05. The third-order valence-electron chi connectivity index (χ3n) is 3.56. The summed E-state index contributed by atoms with van der Waals surface area (Å²) in [6, 6.07) is 0. The van der Waals surface area contributed by atoms with E-state index in [2.05, 4.69) is 17.5 Å². The summed E-state index contributed by atoms with van der Waals surface area (Å²) in [7, 11) is 0. The zero-order valence-electron chi connectivity index (χ0n) is 6.09. The maximum absolute atomic E-state index is 3.49. The maximum atomic E-state index is 3.49. The molecule has 0 spiro atoms. The van der Waals surface area contributed by atoms with Gasteiger partial charge in [-0.1, -0.05) is 12.2 Å². The van der Waals surface area contributed by atoms with Crippen LogP contribution >= 0.6 is 0 Å². The van der Waals surface area contributed by atoms with Gasteiger partial charge < -0.3 is 5.32 Å². The summed E-state index contributed by atoms with van der Waals surface area (Å²) in [5.74, 6) is 3.92. The van der Waals surface area contributed by atoms with Gasteiger partial charge in [0.25, 0.3) is 0 Å². The molecule has 0 amide bonds. The van der Waals surface area contributed by atoms with Crippen molar-refractivity contribution in [2.75, 3.05) is 13.1 Å². The van der Waals surface area contributed by atoms with Gasteiger partial charge in [-0.25, -0.2) is 0 Å². The van der Waals surface area contributed by atoms with Crippen molar-refractivity contribution in [3.8, 4) is 0 Å². The van der Waals surface area contributed by atoms with Gasteiger partial charge in [0, 0.05) is 0 Å². The summed E-state index contributed by atoms with van der Waals surface area (Å²) in [6.07, 6.45) is 6.36. The molecule has 1 saturated carbocycles. The van der Waals surface area contributed by atoms with Gasteiger partial charge in [-0.2, -0.15) is 0 Å². The molecule has 0 radical (unpaired) electrons. The van der Waals surface area contributed by atoms with Crippen LogP contribution in [0, 0.1) is 23.7 Å². The van der Waals surface area contributed by atoms with Crippen LogP contribution in [0.3, 0.4) is 0 Å². The van der Waals surface area contributed by atoms with Crippen LogP contribution in [0.1, 0.15) is 6.42 Å². The molecule has 1 heterocycles. The summed E-state index contributed by atoms with van der Waals surface area (Å²) >= 11 is 0. The van der Waals surface area contributed by atoms with E-state index in [1.165, 1.54) is 19.5 Å². The van der Waals surface area contributed by atoms with E-state index in [-0.39, 0.29) is 0 Å². The van der Waals surface area contributed by atoms with Crippen molar-refractivity contribution < 1.29 is 0 Å². The van der Waals surface area contributed by atoms with Crippen LogP contribution in [0.2, 0.25) is 0 Å². The van der Waals surface area contributed by atoms with Crippen molar-refractivity contribution in [1.82, 2.24) is 5.32 Å². The molecule has 0 aromatic carbocycles. The molecule has 0 aromatic heterocycles. The Kier molecular flexibility index (Phi) is 0.883. The first kappa shape index (κ1) is 5.36. The Balaban J connectivity index is 1.99. The van der Waals surface area contributed by atoms with Crippen molar-refractivity contribution in [3.05, 3.63) is 12.2 Å². The molecule has 0 aromatic rings. The fraction of sp³-hybridized carbons (Fsp3) is 0.778. The third kappa shape index (κ3) is 0.485. The smallest absolute Gasteiger partial charge is 0.00114 e. The van der Waals surface area contributed by atoms with Gasteiger partial charge >= 0.3 is 0 Å². The lowest BCUT2D eigenvalue weighted by Gasteiger charge is -2.17. The monoisotopic (exact) mass is 135 g/mol. The van der Waals surface area contributed by atoms with Crippen molar-refractivity contribution >= 4 is 0 Å². The number of rotatable bonds is 0. The number of hydrogen-bond acceptors (Lipinski definition) is 1. The Morgan fingerprint density at radius 1 is 1.00 bits per heavy atom. The molecule has 3 aliphatic rings. The summed E-state index contributed by atoms with van der Waals surface area (Å²) in [6.45, 7) is 2.58. The van der Waals surface area contributed by atoms with E-state index in [1.54, 1.807) is 0 Å². The molecule has 10 heavy (non-hydrogen) atoms. The highest BCUT2D eigenvalue weighted by molar-refractivity contribution is 5.15. The van der Waals surface area contributed by atoms with Crippen LogP contribution in [0.15, 0.2) is 12.2 Å². The zero-order chi connectivity index (χ0) is 6.55. The molecule has 1 nitrogen and oxygen atoms in total. The average molecular weight is 135 g/mol. The fourth-order valence-electron chi connectivity index (χ4n) is 3.05. The summed E-state index contributed by atoms with van der Waals surface area (Å²) < 4.78 is 0. The minimum atomic E-state index is 0.949. The third-order valence-corrected chi connectivity index (χ3v) is 3.56. The van der Waals surface area contributed by atoms with Crippen LogP contribution in [-0.4, -0.2) is 13.1 Å². The Morgan fingerprint density at radius 3 is 2.20 bits per heavy atom. The van der Waals surface area contributed by atoms with Crippen molar-refractivity contribution in [3.63, 3.8) is 0 Å². The molecule has 1 heteroatoms. The van der Waals surface area contributed by atoms with Gasteiger partial charge in [-0.3, -0.25) is 0 Å². The molecule has 1 N–H and O–H groups in total. The molecule has 2 aliphatic carbocycles. The molecular weight excluding hydrogens is 122 g/mol. The van der Waals surface area contributed by atoms with Crippen molar-refractivity contribution in [2.24, 2.45) is 23.7 Å². The Hall–Kier alpha value is -0.300. The van der Waals surface area contributed by atoms with E-state index in [1.807, 2.05) is 0 Å². The molecule has 2 bridgehead atoms. The number of nitrogens with one attached hydrogen (secondary N) is 1. The van der Waals surface area contributed by atoms with E-state index < -0.39 is 0 Å². The first-order chi connectivity index (χ1) is 4.95. The zero-order valence-corrected chi connectivity index (χ0v) is 6.09. The first-order valence-electron chi connectivity index (χ1n) is 4.34. The van der Waals surface area contributed by atoms with Crippen molar-refractivity contribution in [2.45, 2.75) is 6.42 Å². The molecule has 4 atom stereocenters. The van der Waals surface area contributed by atoms with Gasteiger partial charge in [-0.05, 0) is 43.2 Å². The first-order valence-corrected chi connectivity index (χ1v) is 4.34. The normalized spacial score (nSPS) is 56.0. The van der Waals surface area contributed by atoms with Gasteiger partial charge in [0.15, 0.2) is 0 Å². The number of hydrogen-bond donors (Lipinski definition) is 1. The van der Waals surface area contributed by atoms with Gasteiger partial charge in [0.1, 0.15) is 0 Å². The van der Waals surface area contributed by atoms with E-state index >= 15 is 0 Å². The van der Waals surface area contributed by atoms with Crippen LogP contribution in [0.25, 0.3) is 0 Å². The second-order valence-electron chi connectivity index (χ2n) is 3.93. The lowest BCUT2D eigenvalue weighted by atomic mass is 9.86. The van der Waals surface area contributed by atoms with E-state index in [9.17, 15) is 0 Å². The molecule has 1 aliphatic heterocycles. The number of allylic oxidation sites excluding steroid dienone is 2. The number of fused-ring (bicyclic) bond motifs is 5. The molecule has 1 saturated heterocycles. The van der Waals surface area contributed by atoms with E-state index in [4.69, 9.17) is 0 Å². The molecule has 0 unspecified atom stereocenters. The van der Waals surface area contributed by atoms with Crippen LogP contribution in [0.5, 0.6) is 0 Å². The highest BCUT2D eigenvalue weighted by atomic mass is 14.9. The van der Waals surface area contributed by atoms with Crippen LogP contribution in [0.4, 0.5) is 0 Å². The molecule has 2 fully saturated rings. The van der Waals surface area contributed by atoms with E-state index in [0.29, 0.717) is 0 Å². The largest absolute Gasteiger partial charge is 0.316 e. The Bertz CT molecular complexity index is 167. The molecular formula is C9H13N. The average Bonchev–Trinajstić information content (AvgIpc) is 2.60. The maximum Gasteiger partial charge on any atom is -0.00114 e. The SMILES string of the molecule is C1=C[C@H]2C[C@@H]1[C@H]1CNC[C@H]12. The molecule has 54 valence electrons. The second kappa shape index (κ2) is 1.65. The highest BCUT2D eigenvalue weighted by Gasteiger charge is 2.46. The van der Waals surface area contributed by atoms with Crippen LogP contribution in [-0.2, 0) is 0 Å². The minimum Gasteiger partial charge on any atom is -0.316 e. The summed E-state index contributed by atoms with van der Waals surface area (Å²) in [4.78, 5) is 0. The Labute approximate surface area is 61.5 Å². The minimum absolute atomic E-state index is 0.949. The van der Waals surface area contributed by atoms with Gasteiger partial charge in [-0.15, -0.1) is 0 Å². The summed E-state index contributed by atoms with van der Waals surface area (Å²) in [5, 5.41) is 3.49. The van der Waals surface area contributed by atoms with Gasteiger partial charge in [0.05, 0.1) is 0 Å². The summed E-state index contributed by atoms with van der Waals surface area (Å²) in [5.41, 5.74) is 0.